The summed E-state index contributed by atoms with van der Waals surface area (Å²) < 4.78 is 36.8. The van der Waals surface area contributed by atoms with Crippen molar-refractivity contribution in [2.24, 2.45) is 0 Å². The van der Waals surface area contributed by atoms with Gasteiger partial charge in [-0.15, -0.1) is 0 Å². The molecular weight excluding hydrogens is 1570 g/mol. The maximum atomic E-state index is 14.9. The maximum absolute atomic E-state index is 14.9. The Hall–Kier alpha value is -3.05. The number of rotatable bonds is 91. The molecule has 0 saturated carbocycles. The van der Waals surface area contributed by atoms with Gasteiger partial charge in [-0.3, -0.25) is 24.0 Å². The Morgan fingerprint density at radius 2 is 0.556 bits per heavy atom. The second-order valence-corrected chi connectivity index (χ2v) is 38.1. The average Bonchev–Trinajstić information content (AvgIpc) is 0.789. The Bertz CT molecular complexity index is 2410. The molecule has 0 radical (unpaired) electrons. The van der Waals surface area contributed by atoms with Crippen LogP contribution in [0.25, 0.3) is 0 Å². The van der Waals surface area contributed by atoms with Crippen molar-refractivity contribution in [3.63, 3.8) is 0 Å². The molecule has 2 fully saturated rings. The van der Waals surface area contributed by atoms with Crippen LogP contribution in [0.5, 0.6) is 0 Å². The predicted molar refractivity (Wildman–Crippen MR) is 505 cm³/mol. The quantitative estimate of drug-likeness (QED) is 0.0155. The number of unbranched alkanes of at least 4 members (excludes halogenated alkanes) is 64. The largest absolute Gasteiger partial charge is 0.462 e. The highest BCUT2D eigenvalue weighted by Crippen LogP contribution is 2.31. The zero-order valence-electron chi connectivity index (χ0n) is 80.8. The molecule has 14 atom stereocenters. The number of aliphatic hydroxyl groups is 7. The maximum Gasteiger partial charge on any atom is 0.308 e. The molecule has 20 heteroatoms. The minimum absolute atomic E-state index is 0.195. The van der Waals surface area contributed by atoms with Crippen LogP contribution < -0.4 is 10.6 Å². The summed E-state index contributed by atoms with van der Waals surface area (Å²) in [5.41, 5.74) is 0. The van der Waals surface area contributed by atoms with E-state index in [0.29, 0.717) is 57.8 Å². The molecule has 0 unspecified atom stereocenters. The number of carbonyl (C=O) groups excluding carboxylic acids is 5. The summed E-state index contributed by atoms with van der Waals surface area (Å²) in [5, 5.41) is 86.1. The number of hydrogen-bond donors (Lipinski definition) is 9. The number of ether oxygens (including phenoxy) is 6. The highest BCUT2D eigenvalue weighted by molar-refractivity contribution is 5.78. The molecule has 2 amide bonds. The van der Waals surface area contributed by atoms with Crippen molar-refractivity contribution in [3.8, 4) is 0 Å². The van der Waals surface area contributed by atoms with Gasteiger partial charge in [0.1, 0.15) is 42.6 Å². The van der Waals surface area contributed by atoms with Gasteiger partial charge in [-0.1, -0.05) is 465 Å². The van der Waals surface area contributed by atoms with E-state index in [-0.39, 0.29) is 19.3 Å². The van der Waals surface area contributed by atoms with E-state index in [0.717, 1.165) is 122 Å². The van der Waals surface area contributed by atoms with E-state index in [9.17, 15) is 59.7 Å². The van der Waals surface area contributed by atoms with Crippen molar-refractivity contribution in [1.82, 2.24) is 10.6 Å². The van der Waals surface area contributed by atoms with Crippen LogP contribution >= 0.6 is 0 Å². The van der Waals surface area contributed by atoms with Crippen LogP contribution in [-0.2, 0) is 52.4 Å². The van der Waals surface area contributed by atoms with Crippen LogP contribution in [-0.4, -0.2) is 164 Å². The van der Waals surface area contributed by atoms with Crippen molar-refractivity contribution in [3.05, 3.63) is 0 Å². The highest BCUT2D eigenvalue weighted by atomic mass is 16.7. The smallest absolute Gasteiger partial charge is 0.308 e. The fraction of sp³-hybridized carbons (Fsp3) is 0.952. The number of esters is 3. The summed E-state index contributed by atoms with van der Waals surface area (Å²) in [7, 11) is 0. The van der Waals surface area contributed by atoms with Crippen molar-refractivity contribution >= 4 is 29.7 Å². The number of amides is 2. The first-order chi connectivity index (χ1) is 60.5. The van der Waals surface area contributed by atoms with Gasteiger partial charge >= 0.3 is 17.9 Å². The molecule has 9 N–H and O–H groups in total. The van der Waals surface area contributed by atoms with Crippen LogP contribution in [0, 0.1) is 0 Å². The van der Waals surface area contributed by atoms with Gasteiger partial charge in [0.2, 0.25) is 11.8 Å². The fourth-order valence-corrected chi connectivity index (χ4v) is 18.1. The molecule has 732 valence electrons. The molecule has 2 aliphatic heterocycles. The Kier molecular flexibility index (Phi) is 79.5. The minimum Gasteiger partial charge on any atom is -0.462 e. The summed E-state index contributed by atoms with van der Waals surface area (Å²) in [4.78, 5) is 70.6. The van der Waals surface area contributed by atoms with Gasteiger partial charge in [0.05, 0.1) is 57.2 Å². The van der Waals surface area contributed by atoms with E-state index < -0.39 is 141 Å². The van der Waals surface area contributed by atoms with Crippen molar-refractivity contribution in [2.45, 2.75) is 621 Å². The molecular formula is C104H198N2O18. The molecule has 0 aromatic heterocycles. The molecule has 2 saturated heterocycles. The molecule has 0 aliphatic carbocycles. The average molecular weight is 1760 g/mol. The summed E-state index contributed by atoms with van der Waals surface area (Å²) in [6.45, 7) is 9.66. The minimum atomic E-state index is -1.95. The van der Waals surface area contributed by atoms with Crippen molar-refractivity contribution in [2.75, 3.05) is 13.2 Å². The first-order valence-electron chi connectivity index (χ1n) is 53.3. The van der Waals surface area contributed by atoms with E-state index in [4.69, 9.17) is 28.4 Å². The van der Waals surface area contributed by atoms with Gasteiger partial charge in [-0.05, 0) is 38.5 Å². The van der Waals surface area contributed by atoms with Crippen molar-refractivity contribution < 1.29 is 88.1 Å². The van der Waals surface area contributed by atoms with Gasteiger partial charge in [-0.2, -0.15) is 0 Å². The Morgan fingerprint density at radius 1 is 0.298 bits per heavy atom. The first kappa shape index (κ1) is 117. The summed E-state index contributed by atoms with van der Waals surface area (Å²) >= 11 is 0. The van der Waals surface area contributed by atoms with Gasteiger partial charge in [-0.25, -0.2) is 0 Å². The number of hydrogen-bond acceptors (Lipinski definition) is 18. The third kappa shape index (κ3) is 65.5. The second-order valence-electron chi connectivity index (χ2n) is 38.1. The lowest BCUT2D eigenvalue weighted by molar-refractivity contribution is -0.300. The van der Waals surface area contributed by atoms with Crippen LogP contribution in [0.4, 0.5) is 0 Å². The number of aliphatic hydroxyl groups excluding tert-OH is 7. The molecule has 0 bridgehead atoms. The highest BCUT2D eigenvalue weighted by Gasteiger charge is 2.52. The normalized spacial score (nSPS) is 20.1. The monoisotopic (exact) mass is 1760 g/mol. The van der Waals surface area contributed by atoms with Gasteiger partial charge in [0.15, 0.2) is 24.8 Å². The first-order valence-corrected chi connectivity index (χ1v) is 53.3. The van der Waals surface area contributed by atoms with Crippen LogP contribution in [0.3, 0.4) is 0 Å². The Balaban J connectivity index is 2.33. The van der Waals surface area contributed by atoms with Gasteiger partial charge in [0, 0.05) is 6.42 Å². The third-order valence-electron chi connectivity index (χ3n) is 26.1. The van der Waals surface area contributed by atoms with E-state index >= 15 is 0 Å². The summed E-state index contributed by atoms with van der Waals surface area (Å²) in [6.07, 6.45) is 63.5. The second kappa shape index (κ2) is 84.2. The standard InChI is InChI=1S/C104H198N2O18/c1-6-11-16-21-26-31-36-37-38-39-40-41-42-43-44-45-46-47-48-49-54-59-64-69-74-79-94(113)120-89(78-73-68-63-58-53-35-30-25-20-15-10-5)83-93(112)106-98-102(124-96(115)82-88(110)77-72-67-62-57-52-34-29-24-19-14-9-4)99(116)90(84-107)122-104(98)119-85-91-100(117)101(123-95(114)81-87(109)76-71-66-61-56-51-33-28-23-18-13-8-3)97(103(118)121-91)105-92(111)80-86(108)75-70-65-60-55-50-32-27-22-17-12-7-2/h86-91,97-104,107-110,116-118H,6-85H2,1-5H3,(H,105,111)(H,106,112)/t86-,87+,88+,89-,90+,91+,97+,98+,99+,100+,101+,102+,103-,104+/m0/s1. The number of nitrogens with one attached hydrogen (secondary N) is 2. The molecule has 0 aromatic carbocycles. The molecule has 0 aromatic rings. The van der Waals surface area contributed by atoms with E-state index in [2.05, 4.69) is 45.3 Å². The lowest BCUT2D eigenvalue weighted by atomic mass is 9.95. The number of carbonyl (C=O) groups is 5. The van der Waals surface area contributed by atoms with Crippen LogP contribution in [0.1, 0.15) is 535 Å². The SMILES string of the molecule is CCCCCCCCCCCCCCCCCCCCCCCCCCCC(=O)O[C@@H](CCCCCCCCCCCCC)CC(=O)N[C@H]1[C@H](OC[C@H]2O[C@H](O)[C@H](NC(=O)C[C@@H](O)CCCCCCCCCCCCC)[C@@H](OC(=O)C[C@H](O)CCCCCCCCCCCCC)[C@@H]2O)O[C@H](CO)[C@@H](O)[C@@H]1OC(=O)C[C@H](O)CCCCCCCCCCCCC. The molecule has 20 nitrogen and oxygen atoms in total. The topological polar surface area (TPSA) is 306 Å². The molecule has 0 spiro atoms. The fourth-order valence-electron chi connectivity index (χ4n) is 18.1. The molecule has 2 heterocycles. The van der Waals surface area contributed by atoms with Gasteiger partial charge < -0.3 is 74.8 Å². The van der Waals surface area contributed by atoms with Crippen LogP contribution in [0.15, 0.2) is 0 Å². The zero-order chi connectivity index (χ0) is 90.2. The van der Waals surface area contributed by atoms with Crippen molar-refractivity contribution in [1.29, 1.82) is 0 Å². The third-order valence-corrected chi connectivity index (χ3v) is 26.1. The van der Waals surface area contributed by atoms with E-state index in [1.807, 2.05) is 0 Å². The Labute approximate surface area is 758 Å². The Morgan fingerprint density at radius 3 is 0.871 bits per heavy atom. The van der Waals surface area contributed by atoms with Gasteiger partial charge in [0.25, 0.3) is 0 Å². The van der Waals surface area contributed by atoms with E-state index in [1.54, 1.807) is 0 Å². The lowest BCUT2D eigenvalue weighted by Crippen LogP contribution is -2.67. The predicted octanol–water partition coefficient (Wildman–Crippen LogP) is 24.5. The molecule has 2 aliphatic rings. The molecule has 124 heavy (non-hydrogen) atoms. The van der Waals surface area contributed by atoms with Crippen LogP contribution in [0.2, 0.25) is 0 Å². The van der Waals surface area contributed by atoms with E-state index in [1.165, 1.54) is 289 Å². The lowest BCUT2D eigenvalue weighted by Gasteiger charge is -2.45. The molecule has 2 rings (SSSR count). The summed E-state index contributed by atoms with van der Waals surface area (Å²) in [5.74, 6) is -3.57. The zero-order valence-corrected chi connectivity index (χ0v) is 80.8. The summed E-state index contributed by atoms with van der Waals surface area (Å²) in [6, 6.07) is -3.12.